The van der Waals surface area contributed by atoms with Gasteiger partial charge in [0.15, 0.2) is 24.8 Å². The van der Waals surface area contributed by atoms with Gasteiger partial charge in [-0.1, -0.05) is 91.4 Å². The van der Waals surface area contributed by atoms with E-state index in [4.69, 9.17) is 0 Å². The van der Waals surface area contributed by atoms with E-state index >= 15 is 0 Å². The third-order valence-electron chi connectivity index (χ3n) is 6.98. The summed E-state index contributed by atoms with van der Waals surface area (Å²) in [5.41, 5.74) is 6.76. The Morgan fingerprint density at radius 3 is 1.17 bits per heavy atom. The number of alkyl halides is 2. The second-order valence-electron chi connectivity index (χ2n) is 11.4. The summed E-state index contributed by atoms with van der Waals surface area (Å²) in [6, 6.07) is 24.8. The molecule has 0 aliphatic carbocycles. The van der Waals surface area contributed by atoms with Gasteiger partial charge in [-0.05, 0) is 75.2 Å². The Bertz CT molecular complexity index is 1690. The van der Waals surface area contributed by atoms with E-state index in [-0.39, 0.29) is 0 Å². The molecule has 2 heterocycles. The van der Waals surface area contributed by atoms with Crippen LogP contribution in [0.2, 0.25) is 0 Å². The van der Waals surface area contributed by atoms with Gasteiger partial charge in [0.2, 0.25) is 0 Å². The van der Waals surface area contributed by atoms with Gasteiger partial charge in [-0.25, -0.2) is 9.13 Å². The number of hydrogen-bond donors (Lipinski definition) is 0. The fraction of sp³-hybridized carbons (Fsp3) is 0.318. The van der Waals surface area contributed by atoms with Crippen molar-refractivity contribution in [2.75, 3.05) is 10.7 Å². The van der Waals surface area contributed by atoms with Gasteiger partial charge >= 0.3 is 0 Å². The van der Waals surface area contributed by atoms with Crippen LogP contribution in [0.1, 0.15) is 84.7 Å². The zero-order valence-corrected chi connectivity index (χ0v) is 31.5. The summed E-state index contributed by atoms with van der Waals surface area (Å²) >= 11 is 6.80. The molecule has 0 saturated carbocycles. The van der Waals surface area contributed by atoms with Crippen LogP contribution in [0.5, 0.6) is 0 Å². The minimum absolute atomic E-state index is 0.896. The molecular formula is C44H46Br2N2+2. The number of aromatic nitrogens is 2. The lowest BCUT2D eigenvalue weighted by atomic mass is 10.1. The topological polar surface area (TPSA) is 7.76 Å². The van der Waals surface area contributed by atoms with Crippen molar-refractivity contribution < 1.29 is 9.13 Å². The molecule has 0 amide bonds. The van der Waals surface area contributed by atoms with E-state index in [2.05, 4.69) is 176 Å². The first-order valence-corrected chi connectivity index (χ1v) is 19.0. The number of unbranched alkanes of at least 4 members (excludes halogenated alkanes) is 4. The molecule has 0 atom stereocenters. The zero-order valence-electron chi connectivity index (χ0n) is 28.4. The van der Waals surface area contributed by atoms with Gasteiger partial charge in [-0.3, -0.25) is 0 Å². The van der Waals surface area contributed by atoms with Gasteiger partial charge < -0.3 is 0 Å². The third-order valence-corrected chi connectivity index (χ3v) is 8.10. The maximum absolute atomic E-state index is 3.40. The summed E-state index contributed by atoms with van der Waals surface area (Å²) in [7, 11) is 0. The van der Waals surface area contributed by atoms with Crippen molar-refractivity contribution in [1.29, 1.82) is 0 Å². The number of nitrogens with zero attached hydrogens (tertiary/aromatic N) is 2. The molecular weight excluding hydrogens is 716 g/mol. The highest BCUT2D eigenvalue weighted by Crippen LogP contribution is 2.05. The van der Waals surface area contributed by atoms with Gasteiger partial charge in [0.05, 0.1) is 0 Å². The molecule has 0 saturated heterocycles. The average molecular weight is 763 g/mol. The summed E-state index contributed by atoms with van der Waals surface area (Å²) in [6.07, 6.45) is 16.5. The number of rotatable bonds is 10. The number of aryl methyl sites for hydroxylation is 4. The van der Waals surface area contributed by atoms with E-state index in [0.29, 0.717) is 0 Å². The van der Waals surface area contributed by atoms with Gasteiger partial charge in [-0.2, -0.15) is 0 Å². The Morgan fingerprint density at radius 1 is 0.479 bits per heavy atom. The van der Waals surface area contributed by atoms with Crippen LogP contribution < -0.4 is 9.13 Å². The highest BCUT2D eigenvalue weighted by atomic mass is 79.9. The van der Waals surface area contributed by atoms with E-state index in [1.807, 2.05) is 24.3 Å². The lowest BCUT2D eigenvalue weighted by Gasteiger charge is -1.96. The lowest BCUT2D eigenvalue weighted by molar-refractivity contribution is -0.697. The van der Waals surface area contributed by atoms with Crippen LogP contribution in [0.4, 0.5) is 0 Å². The van der Waals surface area contributed by atoms with Crippen LogP contribution in [0.25, 0.3) is 0 Å². The Kier molecular flexibility index (Phi) is 19.3. The molecule has 0 fully saturated rings. The van der Waals surface area contributed by atoms with Crippen molar-refractivity contribution in [3.8, 4) is 47.4 Å². The molecule has 0 aliphatic heterocycles. The lowest BCUT2D eigenvalue weighted by Crippen LogP contribution is -2.32. The normalized spacial score (nSPS) is 9.58. The van der Waals surface area contributed by atoms with Crippen LogP contribution in [0.3, 0.4) is 0 Å². The van der Waals surface area contributed by atoms with E-state index in [9.17, 15) is 0 Å². The Balaban J connectivity index is 0.000000297. The molecule has 0 aliphatic rings. The molecule has 0 spiro atoms. The van der Waals surface area contributed by atoms with Crippen LogP contribution in [0, 0.1) is 61.2 Å². The number of hydrogen-bond acceptors (Lipinski definition) is 0. The smallest absolute Gasteiger partial charge is 0.171 e. The first kappa shape index (κ1) is 38.4. The fourth-order valence-electron chi connectivity index (χ4n) is 4.60. The molecule has 4 heteroatoms. The molecule has 0 unspecified atom stereocenters. The first-order chi connectivity index (χ1) is 23.6. The minimum atomic E-state index is 0.896. The Morgan fingerprint density at radius 2 is 0.833 bits per heavy atom. The quantitative estimate of drug-likeness (QED) is 0.0659. The molecule has 4 rings (SSSR count). The van der Waals surface area contributed by atoms with E-state index in [1.54, 1.807) is 0 Å². The number of pyridine rings is 2. The fourth-order valence-corrected chi connectivity index (χ4v) is 5.16. The summed E-state index contributed by atoms with van der Waals surface area (Å²) in [5.74, 6) is 25.9. The largest absolute Gasteiger partial charge is 0.205 e. The summed E-state index contributed by atoms with van der Waals surface area (Å²) < 4.78 is 4.45. The molecule has 2 aromatic carbocycles. The average Bonchev–Trinajstić information content (AvgIpc) is 3.09. The van der Waals surface area contributed by atoms with Crippen molar-refractivity contribution in [1.82, 2.24) is 0 Å². The van der Waals surface area contributed by atoms with Gasteiger partial charge in [0.25, 0.3) is 0 Å². The van der Waals surface area contributed by atoms with Crippen molar-refractivity contribution in [2.45, 2.75) is 78.3 Å². The van der Waals surface area contributed by atoms with E-state index < -0.39 is 0 Å². The van der Waals surface area contributed by atoms with Crippen molar-refractivity contribution in [3.63, 3.8) is 0 Å². The van der Waals surface area contributed by atoms with Gasteiger partial charge in [0, 0.05) is 94.7 Å². The van der Waals surface area contributed by atoms with Gasteiger partial charge in [0.1, 0.15) is 13.1 Å². The predicted octanol–water partition coefficient (Wildman–Crippen LogP) is 9.28. The number of halogens is 2. The van der Waals surface area contributed by atoms with E-state index in [1.165, 1.54) is 11.1 Å². The molecule has 4 aromatic rings. The van der Waals surface area contributed by atoms with Crippen LogP contribution in [0.15, 0.2) is 97.6 Å². The van der Waals surface area contributed by atoms with E-state index in [0.717, 1.165) is 97.4 Å². The molecule has 2 nitrogen and oxygen atoms in total. The SMILES string of the molecule is BrCCCC#Cc1cccc(C#CCCCBr)c1.Cc1ccc[n+](CCCC#Cc2cccc(C#CCCC[n+]3cccc(C)c3)c2)c1. The summed E-state index contributed by atoms with van der Waals surface area (Å²) in [5, 5.41) is 2.03. The van der Waals surface area contributed by atoms with Crippen molar-refractivity contribution in [2.24, 2.45) is 0 Å². The van der Waals surface area contributed by atoms with Crippen LogP contribution in [-0.2, 0) is 13.1 Å². The van der Waals surface area contributed by atoms with Crippen LogP contribution >= 0.6 is 31.9 Å². The summed E-state index contributed by atoms with van der Waals surface area (Å²) in [4.78, 5) is 0. The Labute approximate surface area is 306 Å². The monoisotopic (exact) mass is 760 g/mol. The maximum Gasteiger partial charge on any atom is 0.171 e. The maximum atomic E-state index is 3.40. The van der Waals surface area contributed by atoms with Crippen LogP contribution in [-0.4, -0.2) is 10.7 Å². The zero-order chi connectivity index (χ0) is 34.1. The van der Waals surface area contributed by atoms with Crippen molar-refractivity contribution in [3.05, 3.63) is 131 Å². The highest BCUT2D eigenvalue weighted by molar-refractivity contribution is 9.09. The standard InChI is InChI=1S/C28H30N2.C16H16Br2/c1-25-12-10-20-29(23-25)18-7-3-5-14-27-16-9-17-28(22-27)15-6-4-8-19-30-21-11-13-26(2)24-30;17-12-5-1-3-8-15-10-7-11-16(14-15)9-4-2-6-13-18/h9-13,16-17,20-24H,3-4,7-8,18-19H2,1-2H3;7,10-11,14H,1-2,5-6,12-13H2/q+2;. The second kappa shape index (κ2) is 24.1. The summed E-state index contributed by atoms with van der Waals surface area (Å²) in [6.45, 7) is 6.25. The molecule has 0 N–H and O–H groups in total. The third kappa shape index (κ3) is 17.2. The minimum Gasteiger partial charge on any atom is -0.205 e. The predicted molar refractivity (Wildman–Crippen MR) is 208 cm³/mol. The van der Waals surface area contributed by atoms with Crippen molar-refractivity contribution >= 4 is 31.9 Å². The highest BCUT2D eigenvalue weighted by Gasteiger charge is 2.00. The van der Waals surface area contributed by atoms with Gasteiger partial charge in [-0.15, -0.1) is 0 Å². The molecule has 0 radical (unpaired) electrons. The number of benzene rings is 2. The molecule has 244 valence electrons. The molecule has 48 heavy (non-hydrogen) atoms. The molecule has 2 aromatic heterocycles. The first-order valence-electron chi connectivity index (χ1n) is 16.7. The molecule has 0 bridgehead atoms. The Hall–Kier alpha value is -4.06. The second-order valence-corrected chi connectivity index (χ2v) is 13.0.